The molecule has 0 saturated carbocycles. The van der Waals surface area contributed by atoms with Gasteiger partial charge in [0.25, 0.3) is 5.91 Å². The zero-order valence-corrected chi connectivity index (χ0v) is 18.7. The zero-order chi connectivity index (χ0) is 22.6. The van der Waals surface area contributed by atoms with Gasteiger partial charge in [0.05, 0.1) is 27.5 Å². The Bertz CT molecular complexity index is 1070. The minimum Gasteiger partial charge on any atom is -0.448 e. The average molecular weight is 467 g/mol. The van der Waals surface area contributed by atoms with Crippen molar-refractivity contribution in [1.29, 1.82) is 0 Å². The fourth-order valence-corrected chi connectivity index (χ4v) is 4.73. The predicted molar refractivity (Wildman–Crippen MR) is 114 cm³/mol. The number of hydrogen-bond acceptors (Lipinski definition) is 7. The molecule has 1 amide bonds. The first kappa shape index (κ1) is 23.1. The third kappa shape index (κ3) is 5.57. The van der Waals surface area contributed by atoms with Crippen LogP contribution in [-0.4, -0.2) is 53.8 Å². The van der Waals surface area contributed by atoms with Gasteiger partial charge in [0.2, 0.25) is 10.0 Å². The predicted octanol–water partition coefficient (Wildman–Crippen LogP) is 2.80. The number of ether oxygens (including phenoxy) is 1. The van der Waals surface area contributed by atoms with Crippen LogP contribution in [0, 0.1) is 6.92 Å². The number of carbonyl (C=O) groups is 2. The largest absolute Gasteiger partial charge is 0.448 e. The van der Waals surface area contributed by atoms with Crippen LogP contribution in [0.4, 0.5) is 5.69 Å². The van der Waals surface area contributed by atoms with Gasteiger partial charge in [0.15, 0.2) is 11.8 Å². The number of rotatable bonds is 6. The monoisotopic (exact) mass is 466 g/mol. The van der Waals surface area contributed by atoms with Crippen LogP contribution < -0.4 is 5.32 Å². The molecule has 0 aliphatic carbocycles. The van der Waals surface area contributed by atoms with Crippen molar-refractivity contribution >= 4 is 39.2 Å². The van der Waals surface area contributed by atoms with Crippen molar-refractivity contribution in [2.75, 3.05) is 18.4 Å². The van der Waals surface area contributed by atoms with Crippen molar-refractivity contribution in [2.24, 2.45) is 0 Å². The quantitative estimate of drug-likeness (QED) is 0.650. The van der Waals surface area contributed by atoms with E-state index in [2.05, 4.69) is 15.3 Å². The molecule has 1 aliphatic heterocycles. The van der Waals surface area contributed by atoms with Gasteiger partial charge in [0, 0.05) is 19.3 Å². The van der Waals surface area contributed by atoms with E-state index >= 15 is 0 Å². The number of amides is 1. The number of carbonyl (C=O) groups excluding carboxylic acids is 2. The van der Waals surface area contributed by atoms with E-state index in [1.54, 1.807) is 6.92 Å². The Kier molecular flexibility index (Phi) is 7.24. The van der Waals surface area contributed by atoms with E-state index in [4.69, 9.17) is 16.3 Å². The molecule has 0 unspecified atom stereocenters. The van der Waals surface area contributed by atoms with Gasteiger partial charge in [-0.05, 0) is 44.9 Å². The average Bonchev–Trinajstić information content (AvgIpc) is 2.76. The van der Waals surface area contributed by atoms with Crippen LogP contribution in [0.3, 0.4) is 0 Å². The molecule has 2 aromatic rings. The summed E-state index contributed by atoms with van der Waals surface area (Å²) in [5.41, 5.74) is 0.719. The molecule has 1 fully saturated rings. The molecule has 31 heavy (non-hydrogen) atoms. The highest BCUT2D eigenvalue weighted by Gasteiger charge is 2.27. The van der Waals surface area contributed by atoms with E-state index in [9.17, 15) is 18.0 Å². The van der Waals surface area contributed by atoms with Gasteiger partial charge in [-0.3, -0.25) is 9.78 Å². The maximum atomic E-state index is 12.9. The van der Waals surface area contributed by atoms with Gasteiger partial charge in [0.1, 0.15) is 0 Å². The number of sulfonamides is 1. The summed E-state index contributed by atoms with van der Waals surface area (Å²) >= 11 is 6.15. The van der Waals surface area contributed by atoms with Gasteiger partial charge in [-0.2, -0.15) is 4.31 Å². The highest BCUT2D eigenvalue weighted by molar-refractivity contribution is 7.89. The smallest absolute Gasteiger partial charge is 0.359 e. The molecule has 0 radical (unpaired) electrons. The van der Waals surface area contributed by atoms with Crippen LogP contribution in [0.1, 0.15) is 42.4 Å². The summed E-state index contributed by atoms with van der Waals surface area (Å²) in [6.07, 6.45) is 4.12. The second kappa shape index (κ2) is 9.71. The van der Waals surface area contributed by atoms with Gasteiger partial charge in [-0.1, -0.05) is 18.0 Å². The normalized spacial score (nSPS) is 15.8. The van der Waals surface area contributed by atoms with Crippen molar-refractivity contribution in [3.8, 4) is 0 Å². The first-order chi connectivity index (χ1) is 14.7. The molecule has 11 heteroatoms. The van der Waals surface area contributed by atoms with Gasteiger partial charge < -0.3 is 10.1 Å². The molecule has 1 aliphatic rings. The van der Waals surface area contributed by atoms with Crippen molar-refractivity contribution in [3.63, 3.8) is 0 Å². The lowest BCUT2D eigenvalue weighted by atomic mass is 10.2. The zero-order valence-electron chi connectivity index (χ0n) is 17.2. The number of benzene rings is 1. The lowest BCUT2D eigenvalue weighted by Crippen LogP contribution is -2.35. The summed E-state index contributed by atoms with van der Waals surface area (Å²) in [5, 5.41) is 2.69. The van der Waals surface area contributed by atoms with E-state index in [0.717, 1.165) is 19.3 Å². The topological polar surface area (TPSA) is 119 Å². The molecule has 0 spiro atoms. The van der Waals surface area contributed by atoms with E-state index in [-0.39, 0.29) is 21.3 Å². The van der Waals surface area contributed by atoms with E-state index in [1.165, 1.54) is 41.8 Å². The molecule has 0 bridgehead atoms. The van der Waals surface area contributed by atoms with E-state index in [1.807, 2.05) is 0 Å². The second-order valence-corrected chi connectivity index (χ2v) is 9.53. The van der Waals surface area contributed by atoms with Crippen LogP contribution in [0.5, 0.6) is 0 Å². The summed E-state index contributed by atoms with van der Waals surface area (Å²) in [6, 6.07) is 4.12. The Balaban J connectivity index is 1.71. The molecule has 9 nitrogen and oxygen atoms in total. The Labute approximate surface area is 185 Å². The molecular weight excluding hydrogens is 444 g/mol. The van der Waals surface area contributed by atoms with E-state index in [0.29, 0.717) is 18.8 Å². The third-order valence-electron chi connectivity index (χ3n) is 4.79. The first-order valence-corrected chi connectivity index (χ1v) is 11.6. The summed E-state index contributed by atoms with van der Waals surface area (Å²) in [6.45, 7) is 4.03. The molecule has 166 valence electrons. The number of esters is 1. The van der Waals surface area contributed by atoms with Crippen molar-refractivity contribution < 1.29 is 22.7 Å². The molecular formula is C20H23ClN4O5S. The van der Waals surface area contributed by atoms with Gasteiger partial charge in [-0.25, -0.2) is 18.2 Å². The maximum Gasteiger partial charge on any atom is 0.359 e. The maximum absolute atomic E-state index is 12.9. The number of anilines is 1. The van der Waals surface area contributed by atoms with Gasteiger partial charge in [-0.15, -0.1) is 0 Å². The highest BCUT2D eigenvalue weighted by atomic mass is 35.5. The van der Waals surface area contributed by atoms with Crippen LogP contribution >= 0.6 is 11.6 Å². The molecule has 1 N–H and O–H groups in total. The third-order valence-corrected chi connectivity index (χ3v) is 7.02. The Morgan fingerprint density at radius 3 is 2.52 bits per heavy atom. The Morgan fingerprint density at radius 1 is 1.16 bits per heavy atom. The molecule has 1 aromatic carbocycles. The van der Waals surface area contributed by atoms with Gasteiger partial charge >= 0.3 is 5.97 Å². The molecule has 1 saturated heterocycles. The van der Waals surface area contributed by atoms with Crippen LogP contribution in [0.2, 0.25) is 5.02 Å². The summed E-state index contributed by atoms with van der Waals surface area (Å²) in [4.78, 5) is 32.5. The molecule has 1 atom stereocenters. The van der Waals surface area contributed by atoms with Crippen LogP contribution in [0.15, 0.2) is 35.5 Å². The van der Waals surface area contributed by atoms with Crippen LogP contribution in [0.25, 0.3) is 0 Å². The minimum atomic E-state index is -3.69. The second-order valence-electron chi connectivity index (χ2n) is 7.19. The number of nitrogens with zero attached hydrogens (tertiary/aromatic N) is 3. The summed E-state index contributed by atoms with van der Waals surface area (Å²) in [7, 11) is -3.69. The minimum absolute atomic E-state index is 0.0297. The van der Waals surface area contributed by atoms with E-state index < -0.39 is 28.0 Å². The molecule has 2 heterocycles. The number of halogens is 1. The summed E-state index contributed by atoms with van der Waals surface area (Å²) < 4.78 is 32.3. The summed E-state index contributed by atoms with van der Waals surface area (Å²) in [5.74, 6) is -1.47. The van der Waals surface area contributed by atoms with Crippen molar-refractivity contribution in [1.82, 2.24) is 14.3 Å². The lowest BCUT2D eigenvalue weighted by molar-refractivity contribution is -0.123. The number of nitrogens with one attached hydrogen (secondary N) is 1. The Hall–Kier alpha value is -2.56. The number of aryl methyl sites for hydroxylation is 1. The number of aromatic nitrogens is 2. The number of piperidine rings is 1. The first-order valence-electron chi connectivity index (χ1n) is 9.78. The lowest BCUT2D eigenvalue weighted by Gasteiger charge is -2.26. The fraction of sp³-hybridized carbons (Fsp3) is 0.400. The van der Waals surface area contributed by atoms with Crippen LogP contribution in [-0.2, 0) is 19.6 Å². The fourth-order valence-electron chi connectivity index (χ4n) is 3.02. The Morgan fingerprint density at radius 2 is 1.87 bits per heavy atom. The SMILES string of the molecule is Cc1cnc(C(=O)O[C@@H](C)C(=O)Nc2cc(S(=O)(=O)N3CCCCC3)ccc2Cl)cn1. The molecule has 1 aromatic heterocycles. The molecule has 3 rings (SSSR count). The van der Waals surface area contributed by atoms with Crippen molar-refractivity contribution in [2.45, 2.75) is 44.1 Å². The van der Waals surface area contributed by atoms with Crippen molar-refractivity contribution in [3.05, 3.63) is 47.0 Å². The highest BCUT2D eigenvalue weighted by Crippen LogP contribution is 2.28. The number of hydrogen-bond donors (Lipinski definition) is 1. The standard InChI is InChI=1S/C20H23ClN4O5S/c1-13-11-23-18(12-22-13)20(27)30-14(2)19(26)24-17-10-15(6-7-16(17)21)31(28,29)25-8-4-3-5-9-25/h6-7,10-12,14H,3-5,8-9H2,1-2H3,(H,24,26)/t14-/m0/s1.